The highest BCUT2D eigenvalue weighted by Crippen LogP contribution is 2.38. The molecule has 402 valence electrons. The Labute approximate surface area is 465 Å². The number of methoxy groups -OCH3 is 2. The number of hydrogen-bond donors (Lipinski definition) is 2. The molecule has 0 aliphatic carbocycles. The fourth-order valence-corrected chi connectivity index (χ4v) is 11.6. The molecule has 5 aliphatic rings. The number of fused-ring (bicyclic) bond motifs is 6. The number of rotatable bonds is 10. The van der Waals surface area contributed by atoms with E-state index in [1.165, 1.54) is 61.1 Å². The summed E-state index contributed by atoms with van der Waals surface area (Å²) in [6.45, 7) is 11.7. The number of carbonyl (C=O) groups excluding carboxylic acids is 2. The topological polar surface area (TPSA) is 197 Å². The van der Waals surface area contributed by atoms with E-state index in [0.29, 0.717) is 58.5 Å². The van der Waals surface area contributed by atoms with Gasteiger partial charge in [-0.2, -0.15) is 4.98 Å². The lowest BCUT2D eigenvalue weighted by Gasteiger charge is -2.34. The van der Waals surface area contributed by atoms with E-state index in [1.807, 2.05) is 52.0 Å². The number of ether oxygens (including phenoxy) is 4. The zero-order valence-corrected chi connectivity index (χ0v) is 46.4. The van der Waals surface area contributed by atoms with E-state index in [4.69, 9.17) is 44.8 Å². The first-order valence-corrected chi connectivity index (χ1v) is 28.0. The van der Waals surface area contributed by atoms with Crippen LogP contribution in [0.4, 0.5) is 34.4 Å². The highest BCUT2D eigenvalue weighted by Gasteiger charge is 2.51. The summed E-state index contributed by atoms with van der Waals surface area (Å²) in [5.74, 6) is 1.02. The Hall–Kier alpha value is -6.85. The molecule has 0 unspecified atom stereocenters. The van der Waals surface area contributed by atoms with Gasteiger partial charge in [0.25, 0.3) is 0 Å². The predicted octanol–water partition coefficient (Wildman–Crippen LogP) is 10.3. The second-order valence-corrected chi connectivity index (χ2v) is 22.6. The summed E-state index contributed by atoms with van der Waals surface area (Å²) < 4.78 is 33.4. The molecular weight excluding hydrogens is 1050 g/mol. The number of halogens is 1. The fourth-order valence-electron chi connectivity index (χ4n) is 10.1. The molecule has 8 aromatic rings. The van der Waals surface area contributed by atoms with E-state index in [2.05, 4.69) is 81.8 Å². The standard InChI is InChI=1S/C25H23N5O3S.C17H16ClN5OS.C14H19BO4/c1-32-25(31)16-5-2-4-15(10-16)22-28-23(21-24(29-22)34-14-26-21)27-17-6-3-7-18(11-17)30-12-19-8-9-20(13-30)33-19;18-17-21-15(14-16(22-17)25-9-19-14)20-10-2-1-3-11(6-10)23-7-12-4-5-13(8-23)24-12;1-13(2)14(3,4)19-15(18-13)11-8-6-7-10(9-11)12(16)17-5/h2-7,10-11,14,19-20H,8-9,12-13H2,1H3,(H,27,28,29);1-3,6,9,12-13H,4-5,7-8H2,(H,20,21,22);6-9H,1-5H3/t19-,20+;12-,13+;. The van der Waals surface area contributed by atoms with Crippen molar-refractivity contribution in [2.45, 2.75) is 89.0 Å². The number of esters is 2. The van der Waals surface area contributed by atoms with Crippen molar-refractivity contribution in [3.05, 3.63) is 124 Å². The average molecular weight is 1110 g/mol. The molecule has 9 heterocycles. The number of thiazole rings is 2. The first-order valence-electron chi connectivity index (χ1n) is 25.8. The van der Waals surface area contributed by atoms with Crippen LogP contribution in [0.3, 0.4) is 0 Å². The molecule has 22 heteroatoms. The number of aromatic nitrogens is 6. The number of nitrogens with one attached hydrogen (secondary N) is 2. The molecule has 0 spiro atoms. The minimum atomic E-state index is -0.463. The van der Waals surface area contributed by atoms with Gasteiger partial charge in [-0.3, -0.25) is 0 Å². The van der Waals surface area contributed by atoms with Crippen LogP contribution in [0, 0.1) is 0 Å². The second kappa shape index (κ2) is 22.5. The monoisotopic (exact) mass is 1110 g/mol. The molecule has 4 aromatic heterocycles. The molecule has 4 atom stereocenters. The smallest absolute Gasteiger partial charge is 0.465 e. The van der Waals surface area contributed by atoms with Crippen LogP contribution >= 0.6 is 34.3 Å². The molecule has 0 amide bonds. The second-order valence-electron chi connectivity index (χ2n) is 20.6. The third-order valence-electron chi connectivity index (χ3n) is 14.8. The summed E-state index contributed by atoms with van der Waals surface area (Å²) >= 11 is 8.94. The van der Waals surface area contributed by atoms with Gasteiger partial charge < -0.3 is 48.7 Å². The lowest BCUT2D eigenvalue weighted by atomic mass is 9.78. The van der Waals surface area contributed by atoms with Gasteiger partial charge in [-0.25, -0.2) is 34.5 Å². The van der Waals surface area contributed by atoms with Crippen molar-refractivity contribution >= 4 is 114 Å². The van der Waals surface area contributed by atoms with Crippen molar-refractivity contribution in [2.75, 3.05) is 60.8 Å². The quantitative estimate of drug-likeness (QED) is 0.0744. The van der Waals surface area contributed by atoms with Crippen LogP contribution in [-0.2, 0) is 28.3 Å². The van der Waals surface area contributed by atoms with Crippen LogP contribution in [0.1, 0.15) is 74.1 Å². The third-order valence-corrected chi connectivity index (χ3v) is 16.4. The minimum absolute atomic E-state index is 0.222. The maximum atomic E-state index is 12.0. The summed E-state index contributed by atoms with van der Waals surface area (Å²) in [4.78, 5) is 56.7. The summed E-state index contributed by atoms with van der Waals surface area (Å²) in [5.41, 5.74) is 10.9. The van der Waals surface area contributed by atoms with Crippen molar-refractivity contribution < 1.29 is 37.8 Å². The molecular formula is C56H58BClN10O8S2. The van der Waals surface area contributed by atoms with Gasteiger partial charge in [0, 0.05) is 54.5 Å². The average Bonchev–Trinajstić information content (AvgIpc) is 4.37. The number of nitrogens with zero attached hydrogens (tertiary/aromatic N) is 8. The minimum Gasteiger partial charge on any atom is -0.465 e. The summed E-state index contributed by atoms with van der Waals surface area (Å²) in [6, 6.07) is 31.0. The number of carbonyl (C=O) groups is 2. The Bertz CT molecular complexity index is 3460. The Morgan fingerprint density at radius 2 is 1.09 bits per heavy atom. The van der Waals surface area contributed by atoms with Gasteiger partial charge in [0.15, 0.2) is 22.3 Å². The summed E-state index contributed by atoms with van der Waals surface area (Å²) in [5, 5.41) is 7.02. The van der Waals surface area contributed by atoms with Crippen LogP contribution in [-0.4, -0.2) is 125 Å². The van der Waals surface area contributed by atoms with E-state index in [-0.39, 0.29) is 22.5 Å². The zero-order valence-electron chi connectivity index (χ0n) is 44.0. The molecule has 5 fully saturated rings. The van der Waals surface area contributed by atoms with Gasteiger partial charge >= 0.3 is 19.1 Å². The number of hydrogen-bond acceptors (Lipinski definition) is 20. The number of morpholine rings is 2. The molecule has 2 N–H and O–H groups in total. The maximum Gasteiger partial charge on any atom is 0.494 e. The summed E-state index contributed by atoms with van der Waals surface area (Å²) in [6.07, 6.45) is 6.01. The molecule has 0 radical (unpaired) electrons. The van der Waals surface area contributed by atoms with E-state index < -0.39 is 13.1 Å². The van der Waals surface area contributed by atoms with Gasteiger partial charge in [-0.05, 0) is 131 Å². The highest BCUT2D eigenvalue weighted by molar-refractivity contribution is 7.16. The Morgan fingerprint density at radius 1 is 0.615 bits per heavy atom. The lowest BCUT2D eigenvalue weighted by Crippen LogP contribution is -2.42. The highest BCUT2D eigenvalue weighted by atomic mass is 35.5. The van der Waals surface area contributed by atoms with Crippen LogP contribution in [0.5, 0.6) is 0 Å². The Balaban J connectivity index is 0.000000130. The maximum absolute atomic E-state index is 12.0. The van der Waals surface area contributed by atoms with E-state index >= 15 is 0 Å². The van der Waals surface area contributed by atoms with Gasteiger partial charge in [-0.15, -0.1) is 22.7 Å². The lowest BCUT2D eigenvalue weighted by molar-refractivity contribution is 0.00578. The van der Waals surface area contributed by atoms with Crippen molar-refractivity contribution in [1.82, 2.24) is 29.9 Å². The molecule has 13 rings (SSSR count). The first-order chi connectivity index (χ1) is 37.7. The van der Waals surface area contributed by atoms with Gasteiger partial charge in [0.2, 0.25) is 5.28 Å². The van der Waals surface area contributed by atoms with Crippen molar-refractivity contribution in [3.8, 4) is 11.4 Å². The third kappa shape index (κ3) is 11.6. The number of anilines is 6. The van der Waals surface area contributed by atoms with Crippen LogP contribution in [0.15, 0.2) is 108 Å². The van der Waals surface area contributed by atoms with Gasteiger partial charge in [0.05, 0.1) is 72.0 Å². The molecule has 78 heavy (non-hydrogen) atoms. The van der Waals surface area contributed by atoms with Gasteiger partial charge in [-0.1, -0.05) is 36.4 Å². The zero-order chi connectivity index (χ0) is 54.1. The first kappa shape index (κ1) is 53.2. The van der Waals surface area contributed by atoms with Gasteiger partial charge in [0.1, 0.15) is 15.9 Å². The van der Waals surface area contributed by atoms with E-state index in [0.717, 1.165) is 76.6 Å². The molecule has 18 nitrogen and oxygen atoms in total. The fraction of sp³-hybridized carbons (Fsp3) is 0.357. The SMILES string of the molecule is COC(=O)c1cccc(-c2nc(Nc3cccc(N4C[C@H]5CC[C@@H](C4)O5)c3)c3ncsc3n2)c1.COC(=O)c1cccc(B2OC(C)(C)C(C)(C)O2)c1.Clc1nc(Nc2cccc(N3C[C@H]4CC[C@@H](C3)O4)c2)c2ncsc2n1. The van der Waals surface area contributed by atoms with Crippen molar-refractivity contribution in [1.29, 1.82) is 0 Å². The summed E-state index contributed by atoms with van der Waals surface area (Å²) in [7, 11) is 2.27. The molecule has 0 saturated carbocycles. The van der Waals surface area contributed by atoms with Crippen LogP contribution < -0.4 is 25.9 Å². The van der Waals surface area contributed by atoms with E-state index in [9.17, 15) is 9.59 Å². The molecule has 5 saturated heterocycles. The van der Waals surface area contributed by atoms with Crippen molar-refractivity contribution in [3.63, 3.8) is 0 Å². The van der Waals surface area contributed by atoms with Crippen molar-refractivity contribution in [2.24, 2.45) is 0 Å². The Morgan fingerprint density at radius 3 is 1.62 bits per heavy atom. The largest absolute Gasteiger partial charge is 0.494 e. The predicted molar refractivity (Wildman–Crippen MR) is 305 cm³/mol. The normalized spacial score (nSPS) is 20.6. The van der Waals surface area contributed by atoms with E-state index in [1.54, 1.807) is 47.4 Å². The molecule has 4 aromatic carbocycles. The molecule has 4 bridgehead atoms. The number of benzene rings is 4. The Kier molecular flexibility index (Phi) is 15.3. The van der Waals surface area contributed by atoms with Crippen LogP contribution in [0.25, 0.3) is 32.1 Å². The molecule has 5 aliphatic heterocycles. The van der Waals surface area contributed by atoms with Crippen LogP contribution in [0.2, 0.25) is 5.28 Å².